The number of para-hydroxylation sites is 4. The van der Waals surface area contributed by atoms with Crippen molar-refractivity contribution in [1.29, 1.82) is 0 Å². The summed E-state index contributed by atoms with van der Waals surface area (Å²) >= 11 is 0. The average Bonchev–Trinajstić information content (AvgIpc) is 3.04. The van der Waals surface area contributed by atoms with E-state index < -0.39 is 0 Å². The van der Waals surface area contributed by atoms with Crippen LogP contribution in [0, 0.1) is 0 Å². The Morgan fingerprint density at radius 2 is 1.12 bits per heavy atom. The summed E-state index contributed by atoms with van der Waals surface area (Å²) in [5.74, 6) is 1.77. The standard InChI is InChI=1S/C39H30N2O/c1-39(2)31-17-11-22-36-38(31)41(32-18-9-10-21-35(32)42-36)34-20-12-19-33(37(34)39)40(29-15-7-4-8-16-29)30-25-23-28(24-26-30)27-13-5-3-6-14-27/h3-26H,1-2H3. The van der Waals surface area contributed by atoms with Crippen molar-refractivity contribution in [2.45, 2.75) is 19.3 Å². The van der Waals surface area contributed by atoms with Crippen LogP contribution in [0.2, 0.25) is 0 Å². The molecule has 3 nitrogen and oxygen atoms in total. The second kappa shape index (κ2) is 9.39. The van der Waals surface area contributed by atoms with E-state index in [4.69, 9.17) is 4.74 Å². The first-order valence-corrected chi connectivity index (χ1v) is 14.5. The Balaban J connectivity index is 1.37. The van der Waals surface area contributed by atoms with E-state index in [2.05, 4.69) is 163 Å². The van der Waals surface area contributed by atoms with Gasteiger partial charge in [-0.3, -0.25) is 0 Å². The predicted octanol–water partition coefficient (Wildman–Crippen LogP) is 11.0. The molecule has 0 N–H and O–H groups in total. The molecule has 6 aromatic carbocycles. The molecule has 0 saturated carbocycles. The lowest BCUT2D eigenvalue weighted by Crippen LogP contribution is -2.33. The smallest absolute Gasteiger partial charge is 0.151 e. The molecule has 42 heavy (non-hydrogen) atoms. The van der Waals surface area contributed by atoms with Crippen molar-refractivity contribution >= 4 is 34.1 Å². The van der Waals surface area contributed by atoms with Gasteiger partial charge in [0.25, 0.3) is 0 Å². The highest BCUT2D eigenvalue weighted by Gasteiger charge is 2.43. The van der Waals surface area contributed by atoms with Crippen LogP contribution in [-0.2, 0) is 5.41 Å². The zero-order chi connectivity index (χ0) is 28.3. The Morgan fingerprint density at radius 3 is 1.90 bits per heavy atom. The van der Waals surface area contributed by atoms with Gasteiger partial charge in [-0.05, 0) is 71.3 Å². The minimum absolute atomic E-state index is 0.291. The highest BCUT2D eigenvalue weighted by Crippen LogP contribution is 2.61. The average molecular weight is 543 g/mol. The van der Waals surface area contributed by atoms with Gasteiger partial charge in [-0.25, -0.2) is 0 Å². The molecule has 2 aliphatic rings. The van der Waals surface area contributed by atoms with Gasteiger partial charge in [0.05, 0.1) is 22.7 Å². The molecule has 0 radical (unpaired) electrons. The molecule has 0 aliphatic carbocycles. The summed E-state index contributed by atoms with van der Waals surface area (Å²) in [6, 6.07) is 51.6. The number of fused-ring (bicyclic) bond motifs is 4. The molecule has 8 rings (SSSR count). The highest BCUT2D eigenvalue weighted by molar-refractivity contribution is 5.96. The molecule has 0 bridgehead atoms. The van der Waals surface area contributed by atoms with Crippen molar-refractivity contribution < 1.29 is 4.74 Å². The molecular weight excluding hydrogens is 512 g/mol. The fourth-order valence-electron chi connectivity index (χ4n) is 6.67. The normalized spacial score (nSPS) is 13.8. The fourth-order valence-corrected chi connectivity index (χ4v) is 6.67. The SMILES string of the molecule is CC1(C)c2cccc3c2N(c2ccccc2O3)c2cccc(N(c3ccccc3)c3ccc(-c4ccccc4)cc3)c21. The van der Waals surface area contributed by atoms with Crippen molar-refractivity contribution in [1.82, 2.24) is 0 Å². The van der Waals surface area contributed by atoms with Crippen LogP contribution in [0.25, 0.3) is 11.1 Å². The number of benzene rings is 6. The molecule has 202 valence electrons. The van der Waals surface area contributed by atoms with E-state index >= 15 is 0 Å². The van der Waals surface area contributed by atoms with Crippen molar-refractivity contribution in [2.24, 2.45) is 0 Å². The largest absolute Gasteiger partial charge is 0.453 e. The van der Waals surface area contributed by atoms with E-state index in [0.29, 0.717) is 0 Å². The lowest BCUT2D eigenvalue weighted by molar-refractivity contribution is 0.471. The monoisotopic (exact) mass is 542 g/mol. The fraction of sp³-hybridized carbons (Fsp3) is 0.0769. The molecule has 0 fully saturated rings. The summed E-state index contributed by atoms with van der Waals surface area (Å²) in [4.78, 5) is 4.80. The summed E-state index contributed by atoms with van der Waals surface area (Å²) in [6.45, 7) is 4.68. The lowest BCUT2D eigenvalue weighted by atomic mass is 9.72. The van der Waals surface area contributed by atoms with Crippen LogP contribution in [-0.4, -0.2) is 0 Å². The number of hydrogen-bond acceptors (Lipinski definition) is 3. The number of hydrogen-bond donors (Lipinski definition) is 0. The van der Waals surface area contributed by atoms with Crippen LogP contribution in [0.15, 0.2) is 146 Å². The third-order valence-corrected chi connectivity index (χ3v) is 8.60. The summed E-state index contributed by atoms with van der Waals surface area (Å²) in [6.07, 6.45) is 0. The highest BCUT2D eigenvalue weighted by atomic mass is 16.5. The van der Waals surface area contributed by atoms with Crippen LogP contribution in [0.4, 0.5) is 34.1 Å². The molecule has 6 aromatic rings. The molecule has 0 aromatic heterocycles. The van der Waals surface area contributed by atoms with Gasteiger partial charge >= 0.3 is 0 Å². The van der Waals surface area contributed by atoms with Crippen LogP contribution in [0.1, 0.15) is 25.0 Å². The second-order valence-electron chi connectivity index (χ2n) is 11.4. The van der Waals surface area contributed by atoms with Crippen LogP contribution in [0.3, 0.4) is 0 Å². The third-order valence-electron chi connectivity index (χ3n) is 8.60. The minimum atomic E-state index is -0.291. The van der Waals surface area contributed by atoms with Crippen molar-refractivity contribution in [3.63, 3.8) is 0 Å². The van der Waals surface area contributed by atoms with Gasteiger partial charge in [-0.15, -0.1) is 0 Å². The predicted molar refractivity (Wildman–Crippen MR) is 173 cm³/mol. The minimum Gasteiger partial charge on any atom is -0.453 e. The summed E-state index contributed by atoms with van der Waals surface area (Å²) in [5.41, 5.74) is 11.4. The number of rotatable bonds is 4. The van der Waals surface area contributed by atoms with E-state index in [1.807, 2.05) is 6.07 Å². The Labute approximate surface area is 246 Å². The topological polar surface area (TPSA) is 15.7 Å². The molecule has 2 aliphatic heterocycles. The van der Waals surface area contributed by atoms with Gasteiger partial charge in [0.1, 0.15) is 0 Å². The van der Waals surface area contributed by atoms with E-state index in [-0.39, 0.29) is 5.41 Å². The quantitative estimate of drug-likeness (QED) is 0.220. The Bertz CT molecular complexity index is 1930. The Kier molecular flexibility index (Phi) is 5.48. The van der Waals surface area contributed by atoms with Crippen LogP contribution >= 0.6 is 0 Å². The summed E-state index contributed by atoms with van der Waals surface area (Å²) < 4.78 is 6.44. The van der Waals surface area contributed by atoms with E-state index in [9.17, 15) is 0 Å². The summed E-state index contributed by atoms with van der Waals surface area (Å²) in [7, 11) is 0. The molecule has 0 spiro atoms. The molecule has 2 heterocycles. The second-order valence-corrected chi connectivity index (χ2v) is 11.4. The Hall–Kier alpha value is -5.28. The summed E-state index contributed by atoms with van der Waals surface area (Å²) in [5, 5.41) is 0. The zero-order valence-electron chi connectivity index (χ0n) is 23.7. The van der Waals surface area contributed by atoms with Gasteiger partial charge < -0.3 is 14.5 Å². The maximum atomic E-state index is 6.44. The first-order valence-electron chi connectivity index (χ1n) is 14.5. The maximum Gasteiger partial charge on any atom is 0.151 e. The van der Waals surface area contributed by atoms with E-state index in [1.54, 1.807) is 0 Å². The third kappa shape index (κ3) is 3.67. The maximum absolute atomic E-state index is 6.44. The zero-order valence-corrected chi connectivity index (χ0v) is 23.7. The van der Waals surface area contributed by atoms with Gasteiger partial charge in [0, 0.05) is 22.4 Å². The number of ether oxygens (including phenoxy) is 1. The molecule has 0 unspecified atom stereocenters. The Morgan fingerprint density at radius 1 is 0.524 bits per heavy atom. The van der Waals surface area contributed by atoms with Crippen molar-refractivity contribution in [3.8, 4) is 22.6 Å². The molecular formula is C39H30N2O. The van der Waals surface area contributed by atoms with Crippen LogP contribution < -0.4 is 14.5 Å². The molecule has 0 amide bonds. The van der Waals surface area contributed by atoms with Gasteiger partial charge in [-0.2, -0.15) is 0 Å². The molecule has 3 heteroatoms. The molecule has 0 saturated heterocycles. The van der Waals surface area contributed by atoms with Crippen molar-refractivity contribution in [3.05, 3.63) is 157 Å². The first-order chi connectivity index (χ1) is 20.6. The lowest BCUT2D eigenvalue weighted by Gasteiger charge is -2.46. The van der Waals surface area contributed by atoms with Gasteiger partial charge in [-0.1, -0.05) is 105 Å². The number of nitrogens with zero attached hydrogens (tertiary/aromatic N) is 2. The van der Waals surface area contributed by atoms with Gasteiger partial charge in [0.2, 0.25) is 0 Å². The number of anilines is 6. The van der Waals surface area contributed by atoms with Crippen LogP contribution in [0.5, 0.6) is 11.5 Å². The van der Waals surface area contributed by atoms with E-state index in [1.165, 1.54) is 27.9 Å². The first kappa shape index (κ1) is 24.5. The van der Waals surface area contributed by atoms with Gasteiger partial charge in [0.15, 0.2) is 11.5 Å². The van der Waals surface area contributed by atoms with Crippen molar-refractivity contribution in [2.75, 3.05) is 9.80 Å². The van der Waals surface area contributed by atoms with E-state index in [0.717, 1.165) is 39.9 Å². The molecule has 0 atom stereocenters.